The summed E-state index contributed by atoms with van der Waals surface area (Å²) >= 11 is 0. The van der Waals surface area contributed by atoms with Gasteiger partial charge >= 0.3 is 0 Å². The molecule has 2 heterocycles. The Labute approximate surface area is 121 Å². The van der Waals surface area contributed by atoms with Crippen molar-refractivity contribution in [1.29, 1.82) is 5.26 Å². The molecule has 0 aliphatic carbocycles. The van der Waals surface area contributed by atoms with Gasteiger partial charge in [-0.05, 0) is 24.1 Å². The molecule has 0 aliphatic heterocycles. The highest BCUT2D eigenvalue weighted by Gasteiger charge is 2.15. The zero-order chi connectivity index (χ0) is 14.7. The first-order valence-electron chi connectivity index (χ1n) is 6.36. The van der Waals surface area contributed by atoms with Crippen LogP contribution in [0.15, 0.2) is 41.2 Å². The van der Waals surface area contributed by atoms with E-state index in [-0.39, 0.29) is 6.42 Å². The van der Waals surface area contributed by atoms with Gasteiger partial charge in [0.2, 0.25) is 11.6 Å². The Balaban J connectivity index is 1.99. The molecule has 0 N–H and O–H groups in total. The van der Waals surface area contributed by atoms with Crippen LogP contribution >= 0.6 is 0 Å². The van der Waals surface area contributed by atoms with Gasteiger partial charge in [-0.25, -0.2) is 9.97 Å². The Hall–Kier alpha value is -3.07. The fourth-order valence-corrected chi connectivity index (χ4v) is 1.90. The summed E-state index contributed by atoms with van der Waals surface area (Å²) in [5, 5.41) is 12.8. The van der Waals surface area contributed by atoms with Crippen molar-refractivity contribution in [2.45, 2.75) is 13.3 Å². The van der Waals surface area contributed by atoms with Gasteiger partial charge in [0.15, 0.2) is 0 Å². The number of benzene rings is 1. The molecule has 21 heavy (non-hydrogen) atoms. The fourth-order valence-electron chi connectivity index (χ4n) is 1.90. The van der Waals surface area contributed by atoms with E-state index in [4.69, 9.17) is 9.78 Å². The molecule has 0 radical (unpaired) electrons. The molecule has 102 valence electrons. The fraction of sp³-hybridized carbons (Fsp3) is 0.133. The maximum Gasteiger partial charge on any atom is 0.258 e. The number of aryl methyl sites for hydroxylation is 1. The second-order valence-electron chi connectivity index (χ2n) is 4.50. The molecule has 3 aromatic rings. The van der Waals surface area contributed by atoms with Crippen LogP contribution in [0.2, 0.25) is 0 Å². The van der Waals surface area contributed by atoms with Crippen molar-refractivity contribution in [3.8, 4) is 29.2 Å². The minimum Gasteiger partial charge on any atom is -0.333 e. The van der Waals surface area contributed by atoms with Crippen molar-refractivity contribution in [2.24, 2.45) is 0 Å². The first-order valence-corrected chi connectivity index (χ1v) is 6.36. The molecule has 0 fully saturated rings. The molecule has 6 heteroatoms. The largest absolute Gasteiger partial charge is 0.333 e. The van der Waals surface area contributed by atoms with Crippen molar-refractivity contribution in [3.63, 3.8) is 0 Å². The Kier molecular flexibility index (Phi) is 3.39. The van der Waals surface area contributed by atoms with Crippen LogP contribution in [-0.4, -0.2) is 20.1 Å². The Morgan fingerprint density at radius 2 is 1.90 bits per heavy atom. The highest BCUT2D eigenvalue weighted by atomic mass is 16.5. The summed E-state index contributed by atoms with van der Waals surface area (Å²) in [6, 6.07) is 9.57. The molecular weight excluding hydrogens is 266 g/mol. The maximum absolute atomic E-state index is 8.86. The summed E-state index contributed by atoms with van der Waals surface area (Å²) in [5.74, 6) is 1.10. The van der Waals surface area contributed by atoms with E-state index in [2.05, 4.69) is 26.2 Å². The number of hydrogen-bond acceptors (Lipinski definition) is 6. The van der Waals surface area contributed by atoms with Crippen LogP contribution in [0.25, 0.3) is 23.1 Å². The molecular formula is C15H11N5O. The molecule has 1 aromatic carbocycles. The van der Waals surface area contributed by atoms with Gasteiger partial charge < -0.3 is 4.52 Å². The number of nitriles is 1. The number of nitrogens with zero attached hydrogens (tertiary/aromatic N) is 5. The van der Waals surface area contributed by atoms with E-state index in [1.165, 1.54) is 0 Å². The molecule has 0 saturated carbocycles. The molecule has 0 spiro atoms. The summed E-state index contributed by atoms with van der Waals surface area (Å²) in [6.07, 6.45) is 3.68. The Bertz CT molecular complexity index is 801. The van der Waals surface area contributed by atoms with E-state index < -0.39 is 0 Å². The first kappa shape index (κ1) is 12.9. The predicted octanol–water partition coefficient (Wildman–Crippen LogP) is 2.57. The van der Waals surface area contributed by atoms with Crippen LogP contribution in [0.3, 0.4) is 0 Å². The average molecular weight is 277 g/mol. The minimum absolute atomic E-state index is 0.287. The lowest BCUT2D eigenvalue weighted by molar-refractivity contribution is 0.431. The van der Waals surface area contributed by atoms with Gasteiger partial charge in [0.25, 0.3) is 5.89 Å². The monoisotopic (exact) mass is 277 g/mol. The third kappa shape index (κ3) is 2.62. The van der Waals surface area contributed by atoms with Crippen molar-refractivity contribution < 1.29 is 4.52 Å². The summed E-state index contributed by atoms with van der Waals surface area (Å²) < 4.78 is 5.27. The minimum atomic E-state index is 0.287. The van der Waals surface area contributed by atoms with Gasteiger partial charge in [-0.3, -0.25) is 0 Å². The lowest BCUT2D eigenvalue weighted by atomic mass is 10.1. The van der Waals surface area contributed by atoms with Gasteiger partial charge in [0.05, 0.1) is 12.5 Å². The van der Waals surface area contributed by atoms with E-state index in [0.717, 1.165) is 16.7 Å². The maximum atomic E-state index is 8.86. The van der Waals surface area contributed by atoms with E-state index >= 15 is 0 Å². The van der Waals surface area contributed by atoms with Crippen LogP contribution < -0.4 is 0 Å². The van der Waals surface area contributed by atoms with Crippen LogP contribution in [0.1, 0.15) is 11.1 Å². The predicted molar refractivity (Wildman–Crippen MR) is 74.8 cm³/mol. The summed E-state index contributed by atoms with van der Waals surface area (Å²) in [4.78, 5) is 12.6. The molecule has 2 aromatic heterocycles. The van der Waals surface area contributed by atoms with E-state index in [0.29, 0.717) is 17.5 Å². The normalized spacial score (nSPS) is 10.3. The molecule has 0 aliphatic rings. The molecule has 0 unspecified atom stereocenters. The lowest BCUT2D eigenvalue weighted by Gasteiger charge is -2.00. The number of rotatable bonds is 3. The topological polar surface area (TPSA) is 88.5 Å². The third-order valence-electron chi connectivity index (χ3n) is 2.92. The summed E-state index contributed by atoms with van der Waals surface area (Å²) in [5.41, 5.74) is 2.56. The number of hydrogen-bond donors (Lipinski definition) is 0. The van der Waals surface area contributed by atoms with E-state index in [9.17, 15) is 0 Å². The molecule has 0 amide bonds. The van der Waals surface area contributed by atoms with Crippen LogP contribution in [-0.2, 0) is 6.42 Å². The van der Waals surface area contributed by atoms with Gasteiger partial charge in [0.1, 0.15) is 0 Å². The second kappa shape index (κ2) is 5.51. The standard InChI is InChI=1S/C15H11N5O/c1-10-8-17-13(18-9-10)14-19-15(21-20-14)12-5-3-2-4-11(12)6-7-16/h2-5,8-9H,6H2,1H3. The quantitative estimate of drug-likeness (QED) is 0.731. The third-order valence-corrected chi connectivity index (χ3v) is 2.92. The van der Waals surface area contributed by atoms with Crippen LogP contribution in [0.4, 0.5) is 0 Å². The van der Waals surface area contributed by atoms with Crippen molar-refractivity contribution in [2.75, 3.05) is 0 Å². The van der Waals surface area contributed by atoms with Gasteiger partial charge in [-0.1, -0.05) is 23.4 Å². The summed E-state index contributed by atoms with van der Waals surface area (Å²) in [7, 11) is 0. The van der Waals surface area contributed by atoms with Gasteiger partial charge in [-0.2, -0.15) is 10.2 Å². The highest BCUT2D eigenvalue weighted by molar-refractivity contribution is 5.60. The second-order valence-corrected chi connectivity index (χ2v) is 4.50. The van der Waals surface area contributed by atoms with Gasteiger partial charge in [-0.15, -0.1) is 0 Å². The van der Waals surface area contributed by atoms with Crippen LogP contribution in [0, 0.1) is 18.3 Å². The Morgan fingerprint density at radius 3 is 2.67 bits per heavy atom. The molecule has 3 rings (SSSR count). The smallest absolute Gasteiger partial charge is 0.258 e. The highest BCUT2D eigenvalue weighted by Crippen LogP contribution is 2.24. The molecule has 0 saturated heterocycles. The zero-order valence-electron chi connectivity index (χ0n) is 11.3. The van der Waals surface area contributed by atoms with Crippen molar-refractivity contribution >= 4 is 0 Å². The first-order chi connectivity index (χ1) is 10.3. The van der Waals surface area contributed by atoms with Crippen molar-refractivity contribution in [1.82, 2.24) is 20.1 Å². The average Bonchev–Trinajstić information content (AvgIpc) is 2.99. The molecule has 0 bridgehead atoms. The SMILES string of the molecule is Cc1cnc(-c2noc(-c3ccccc3CC#N)n2)nc1. The Morgan fingerprint density at radius 1 is 1.14 bits per heavy atom. The lowest BCUT2D eigenvalue weighted by Crippen LogP contribution is -1.91. The zero-order valence-corrected chi connectivity index (χ0v) is 11.3. The number of aromatic nitrogens is 4. The van der Waals surface area contributed by atoms with Gasteiger partial charge in [0, 0.05) is 18.0 Å². The van der Waals surface area contributed by atoms with E-state index in [1.54, 1.807) is 12.4 Å². The van der Waals surface area contributed by atoms with Crippen LogP contribution in [0.5, 0.6) is 0 Å². The molecule has 6 nitrogen and oxygen atoms in total. The summed E-state index contributed by atoms with van der Waals surface area (Å²) in [6.45, 7) is 1.91. The van der Waals surface area contributed by atoms with E-state index in [1.807, 2.05) is 31.2 Å². The van der Waals surface area contributed by atoms with Crippen molar-refractivity contribution in [3.05, 3.63) is 47.8 Å². The molecule has 0 atom stereocenters.